The van der Waals surface area contributed by atoms with Gasteiger partial charge in [0.1, 0.15) is 0 Å². The molecule has 2 heteroatoms. The van der Waals surface area contributed by atoms with Crippen LogP contribution in [0.2, 0.25) is 24.9 Å². The second-order valence-corrected chi connectivity index (χ2v) is 9.06. The molecule has 0 aromatic heterocycles. The fraction of sp³-hybridized carbons (Fsp3) is 0.667. The summed E-state index contributed by atoms with van der Waals surface area (Å²) in [7, 11) is -0.837. The average molecular weight is 142 g/mol. The van der Waals surface area contributed by atoms with Crippen molar-refractivity contribution in [3.63, 3.8) is 0 Å². The summed E-state index contributed by atoms with van der Waals surface area (Å²) in [5.41, 5.74) is 2.42. The van der Waals surface area contributed by atoms with Crippen LogP contribution in [0.3, 0.4) is 0 Å². The van der Waals surface area contributed by atoms with Crippen LogP contribution in [0.25, 0.3) is 0 Å². The fourth-order valence-electron chi connectivity index (χ4n) is 0.471. The normalized spacial score (nSPS) is 12.9. The van der Waals surface area contributed by atoms with Crippen molar-refractivity contribution >= 4 is 24.4 Å². The predicted octanol–water partition coefficient (Wildman–Crippen LogP) is 1.47. The summed E-state index contributed by atoms with van der Waals surface area (Å²) in [6.45, 7) is 7.09. The first-order valence-corrected chi connectivity index (χ1v) is 8.23. The van der Waals surface area contributed by atoms with Crippen LogP contribution >= 0.6 is 0 Å². The van der Waals surface area contributed by atoms with Crippen LogP contribution in [0.15, 0.2) is 11.8 Å². The van der Waals surface area contributed by atoms with E-state index in [1.54, 1.807) is 0 Å². The lowest BCUT2D eigenvalue weighted by atomic mass is 10.8. The van der Waals surface area contributed by atoms with E-state index in [2.05, 4.69) is 31.4 Å². The van der Waals surface area contributed by atoms with Crippen molar-refractivity contribution in [3.05, 3.63) is 11.8 Å². The largest absolute Gasteiger partial charge is 0.217 e. The van der Waals surface area contributed by atoms with Gasteiger partial charge < -0.3 is 0 Å². The SMILES string of the molecule is C[Si](C)(C)C=C[CH2][AlH2]. The molecule has 0 nitrogen and oxygen atoms in total. The molecule has 0 aliphatic carbocycles. The van der Waals surface area contributed by atoms with Gasteiger partial charge in [-0.1, -0.05) is 24.9 Å². The van der Waals surface area contributed by atoms with Crippen molar-refractivity contribution in [2.75, 3.05) is 0 Å². The Morgan fingerprint density at radius 3 is 2.00 bits per heavy atom. The molecular weight excluding hydrogens is 127 g/mol. The first kappa shape index (κ1) is 8.49. The van der Waals surface area contributed by atoms with Gasteiger partial charge >= 0.3 is 0 Å². The molecular formula is C6H15AlSi. The van der Waals surface area contributed by atoms with E-state index in [-0.39, 0.29) is 0 Å². The Hall–Kier alpha value is 0.489. The smallest absolute Gasteiger partial charge is 0.106 e. The Morgan fingerprint density at radius 1 is 1.38 bits per heavy atom. The minimum absolute atomic E-state index is 0.837. The molecule has 0 amide bonds. The monoisotopic (exact) mass is 142 g/mol. The molecule has 0 heterocycles. The third kappa shape index (κ3) is 6.49. The number of rotatable bonds is 2. The molecule has 0 atom stereocenters. The quantitative estimate of drug-likeness (QED) is 0.512. The van der Waals surface area contributed by atoms with E-state index < -0.39 is 8.07 Å². The Morgan fingerprint density at radius 2 is 1.88 bits per heavy atom. The Labute approximate surface area is 61.4 Å². The van der Waals surface area contributed by atoms with Gasteiger partial charge in [0.25, 0.3) is 0 Å². The van der Waals surface area contributed by atoms with Gasteiger partial charge in [-0.15, -0.1) is 11.8 Å². The first-order valence-electron chi connectivity index (χ1n) is 3.24. The van der Waals surface area contributed by atoms with Crippen LogP contribution < -0.4 is 0 Å². The number of allylic oxidation sites excluding steroid dienone is 1. The number of hydrogen-bond acceptors (Lipinski definition) is 0. The lowest BCUT2D eigenvalue weighted by Crippen LogP contribution is -2.15. The van der Waals surface area contributed by atoms with E-state index in [1.807, 2.05) is 0 Å². The molecule has 46 valence electrons. The van der Waals surface area contributed by atoms with Gasteiger partial charge in [-0.25, -0.2) is 0 Å². The zero-order chi connectivity index (χ0) is 6.62. The molecule has 0 aliphatic rings. The molecule has 0 aliphatic heterocycles. The summed E-state index contributed by atoms with van der Waals surface area (Å²) in [4.78, 5) is 0. The molecule has 8 heavy (non-hydrogen) atoms. The maximum absolute atomic E-state index is 2.42. The lowest BCUT2D eigenvalue weighted by molar-refractivity contribution is 1.68. The van der Waals surface area contributed by atoms with E-state index >= 15 is 0 Å². The fourth-order valence-corrected chi connectivity index (χ4v) is 2.12. The molecule has 0 fully saturated rings. The molecule has 0 aromatic carbocycles. The van der Waals surface area contributed by atoms with Crippen LogP contribution in [-0.2, 0) is 0 Å². The van der Waals surface area contributed by atoms with Crippen LogP contribution in [0, 0.1) is 0 Å². The van der Waals surface area contributed by atoms with Gasteiger partial charge in [0.15, 0.2) is 0 Å². The van der Waals surface area contributed by atoms with Crippen LogP contribution in [0.1, 0.15) is 0 Å². The zero-order valence-corrected chi connectivity index (χ0v) is 9.36. The summed E-state index contributed by atoms with van der Waals surface area (Å²) in [6, 6.07) is 0. The molecule has 0 radical (unpaired) electrons. The second-order valence-electron chi connectivity index (χ2n) is 3.18. The van der Waals surface area contributed by atoms with E-state index in [0.717, 1.165) is 0 Å². The molecule has 0 unspecified atom stereocenters. The van der Waals surface area contributed by atoms with Crippen LogP contribution in [-0.4, -0.2) is 24.4 Å². The van der Waals surface area contributed by atoms with Gasteiger partial charge in [0, 0.05) is 0 Å². The molecule has 0 saturated heterocycles. The third-order valence-electron chi connectivity index (χ3n) is 0.854. The molecule has 0 aromatic rings. The van der Waals surface area contributed by atoms with Gasteiger partial charge in [-0.2, -0.15) is 0 Å². The maximum atomic E-state index is 2.42. The zero-order valence-electron chi connectivity index (χ0n) is 6.36. The van der Waals surface area contributed by atoms with E-state index in [9.17, 15) is 0 Å². The Kier molecular flexibility index (Phi) is 3.72. The summed E-state index contributed by atoms with van der Waals surface area (Å²) in [6.07, 6.45) is 2.33. The minimum Gasteiger partial charge on any atom is -0.106 e. The predicted molar refractivity (Wildman–Crippen MR) is 45.8 cm³/mol. The van der Waals surface area contributed by atoms with E-state index in [0.29, 0.717) is 0 Å². The van der Waals surface area contributed by atoms with Gasteiger partial charge in [-0.05, 0) is 0 Å². The molecule has 0 saturated carbocycles. The van der Waals surface area contributed by atoms with Crippen molar-refractivity contribution in [3.8, 4) is 0 Å². The highest BCUT2D eigenvalue weighted by Crippen LogP contribution is 2.01. The second kappa shape index (κ2) is 3.50. The third-order valence-corrected chi connectivity index (χ3v) is 2.56. The average Bonchev–Trinajstić information content (AvgIpc) is 1.59. The minimum atomic E-state index is -0.837. The van der Waals surface area contributed by atoms with Crippen molar-refractivity contribution in [2.45, 2.75) is 24.9 Å². The standard InChI is InChI=1S/C6H13Si.Al.2H/c1-5-6-7(2,3)4;;;/h5-6H,1H2,2-4H3;;;. The van der Waals surface area contributed by atoms with Crippen LogP contribution in [0.4, 0.5) is 0 Å². The molecule has 0 rings (SSSR count). The van der Waals surface area contributed by atoms with E-state index in [1.165, 1.54) is 21.6 Å². The highest BCUT2D eigenvalue weighted by molar-refractivity contribution is 6.80. The number of hydrogen-bond donors (Lipinski definition) is 0. The van der Waals surface area contributed by atoms with Gasteiger partial charge in [0.05, 0.1) is 8.07 Å². The molecule has 0 bridgehead atoms. The highest BCUT2D eigenvalue weighted by Gasteiger charge is 2.05. The summed E-state index contributed by atoms with van der Waals surface area (Å²) in [5.74, 6) is 0. The maximum Gasteiger partial charge on any atom is 0.217 e. The molecule has 0 N–H and O–H groups in total. The van der Waals surface area contributed by atoms with Crippen LogP contribution in [0.5, 0.6) is 0 Å². The highest BCUT2D eigenvalue weighted by atomic mass is 28.3. The van der Waals surface area contributed by atoms with Gasteiger partial charge in [-0.3, -0.25) is 0 Å². The van der Waals surface area contributed by atoms with Crippen molar-refractivity contribution in [1.29, 1.82) is 0 Å². The van der Waals surface area contributed by atoms with Crippen molar-refractivity contribution < 1.29 is 0 Å². The summed E-state index contributed by atoms with van der Waals surface area (Å²) in [5, 5.41) is 1.32. The summed E-state index contributed by atoms with van der Waals surface area (Å²) >= 11 is 1.32. The molecule has 0 spiro atoms. The Balaban J connectivity index is 3.52. The Bertz CT molecular complexity index is 81.0. The van der Waals surface area contributed by atoms with Crippen molar-refractivity contribution in [1.82, 2.24) is 0 Å². The lowest BCUT2D eigenvalue weighted by Gasteiger charge is -2.06. The van der Waals surface area contributed by atoms with E-state index in [4.69, 9.17) is 0 Å². The van der Waals surface area contributed by atoms with Gasteiger partial charge in [0.2, 0.25) is 16.3 Å². The summed E-state index contributed by atoms with van der Waals surface area (Å²) < 4.78 is 0. The first-order chi connectivity index (χ1) is 3.56. The topological polar surface area (TPSA) is 0 Å². The van der Waals surface area contributed by atoms with Crippen molar-refractivity contribution in [2.24, 2.45) is 0 Å².